The van der Waals surface area contributed by atoms with Crippen molar-refractivity contribution in [3.8, 4) is 22.6 Å². The molecule has 0 bridgehead atoms. The van der Waals surface area contributed by atoms with Gasteiger partial charge < -0.3 is 24.4 Å². The molecule has 0 amide bonds. The van der Waals surface area contributed by atoms with E-state index in [0.717, 1.165) is 49.4 Å². The first-order valence-electron chi connectivity index (χ1n) is 12.6. The summed E-state index contributed by atoms with van der Waals surface area (Å²) in [6.45, 7) is 7.87. The first kappa shape index (κ1) is 26.9. The molecular formula is C27H39N3O5S. The summed E-state index contributed by atoms with van der Waals surface area (Å²) < 4.78 is 40.8. The van der Waals surface area contributed by atoms with E-state index in [2.05, 4.69) is 28.4 Å². The van der Waals surface area contributed by atoms with E-state index in [4.69, 9.17) is 9.47 Å². The maximum absolute atomic E-state index is 13.2. The Hall–Kier alpha value is -2.17. The summed E-state index contributed by atoms with van der Waals surface area (Å²) in [5.41, 5.74) is 1.61. The van der Waals surface area contributed by atoms with Gasteiger partial charge in [-0.05, 0) is 82.2 Å². The highest BCUT2D eigenvalue weighted by Gasteiger charge is 2.38. The third-order valence-corrected chi connectivity index (χ3v) is 8.86. The molecule has 1 fully saturated rings. The van der Waals surface area contributed by atoms with Crippen molar-refractivity contribution in [3.63, 3.8) is 0 Å². The minimum Gasteiger partial charge on any atom is -0.497 e. The number of aliphatic hydroxyl groups is 1. The summed E-state index contributed by atoms with van der Waals surface area (Å²) in [4.78, 5) is 4.66. The van der Waals surface area contributed by atoms with Crippen LogP contribution in [0.25, 0.3) is 11.1 Å². The third-order valence-electron chi connectivity index (χ3n) is 7.40. The van der Waals surface area contributed by atoms with Gasteiger partial charge in [-0.2, -0.15) is 0 Å². The number of piperidine rings is 1. The van der Waals surface area contributed by atoms with Gasteiger partial charge in [-0.1, -0.05) is 18.2 Å². The Kier molecular flexibility index (Phi) is 8.26. The van der Waals surface area contributed by atoms with Crippen LogP contribution in [0.3, 0.4) is 0 Å². The van der Waals surface area contributed by atoms with Crippen molar-refractivity contribution in [1.29, 1.82) is 0 Å². The Labute approximate surface area is 215 Å². The molecule has 0 aromatic heterocycles. The number of aliphatic hydroxyl groups excluding tert-OH is 1. The summed E-state index contributed by atoms with van der Waals surface area (Å²) >= 11 is 0. The van der Waals surface area contributed by atoms with Gasteiger partial charge in [0.15, 0.2) is 0 Å². The summed E-state index contributed by atoms with van der Waals surface area (Å²) in [5, 5.41) is 10.6. The van der Waals surface area contributed by atoms with Crippen LogP contribution >= 0.6 is 0 Å². The fourth-order valence-corrected chi connectivity index (χ4v) is 6.46. The Morgan fingerprint density at radius 2 is 1.86 bits per heavy atom. The zero-order valence-corrected chi connectivity index (χ0v) is 22.6. The topological polar surface area (TPSA) is 91.3 Å². The van der Waals surface area contributed by atoms with Gasteiger partial charge in [-0.15, -0.1) is 0 Å². The number of sulfonamides is 1. The lowest BCUT2D eigenvalue weighted by Gasteiger charge is -2.45. The van der Waals surface area contributed by atoms with Crippen LogP contribution in [0.2, 0.25) is 0 Å². The third kappa shape index (κ3) is 6.20. The minimum atomic E-state index is -3.88. The smallest absolute Gasteiger partial charge is 0.244 e. The van der Waals surface area contributed by atoms with Crippen molar-refractivity contribution < 1.29 is 23.0 Å². The first-order valence-corrected chi connectivity index (χ1v) is 14.1. The molecule has 9 heteroatoms. The first-order chi connectivity index (χ1) is 17.1. The van der Waals surface area contributed by atoms with Crippen molar-refractivity contribution in [2.75, 3.05) is 53.5 Å². The molecule has 2 heterocycles. The van der Waals surface area contributed by atoms with Gasteiger partial charge in [0.2, 0.25) is 10.0 Å². The number of rotatable bonds is 3. The predicted molar refractivity (Wildman–Crippen MR) is 141 cm³/mol. The van der Waals surface area contributed by atoms with Crippen LogP contribution in [0.5, 0.6) is 11.5 Å². The van der Waals surface area contributed by atoms with E-state index in [1.165, 1.54) is 0 Å². The Morgan fingerprint density at radius 3 is 2.56 bits per heavy atom. The quantitative estimate of drug-likeness (QED) is 0.647. The lowest BCUT2D eigenvalue weighted by molar-refractivity contribution is 0.00862. The molecule has 2 N–H and O–H groups in total. The largest absolute Gasteiger partial charge is 0.497 e. The molecule has 4 rings (SSSR count). The van der Waals surface area contributed by atoms with E-state index in [9.17, 15) is 13.5 Å². The highest BCUT2D eigenvalue weighted by molar-refractivity contribution is 7.89. The number of hydrogen-bond acceptors (Lipinski definition) is 7. The summed E-state index contributed by atoms with van der Waals surface area (Å²) in [5.74, 6) is 1.05. The van der Waals surface area contributed by atoms with Crippen molar-refractivity contribution in [2.24, 2.45) is 5.41 Å². The number of ether oxygens (including phenoxy) is 2. The van der Waals surface area contributed by atoms with Gasteiger partial charge in [0.05, 0.1) is 19.8 Å². The van der Waals surface area contributed by atoms with Crippen LogP contribution in [-0.2, 0) is 10.0 Å². The highest BCUT2D eigenvalue weighted by Crippen LogP contribution is 2.37. The monoisotopic (exact) mass is 517 g/mol. The molecule has 2 aromatic rings. The van der Waals surface area contributed by atoms with Crippen LogP contribution in [0, 0.1) is 5.41 Å². The number of nitrogens with one attached hydrogen (secondary N) is 1. The number of fused-ring (bicyclic) bond motifs is 1. The SMILES string of the molecule is COc1cccc(-c2ccc3c(c2)OCC2(CCN(C(C)C)CC2)CN(C)CC(O)CNS3(=O)=O)c1. The van der Waals surface area contributed by atoms with Crippen LogP contribution < -0.4 is 14.2 Å². The number of likely N-dealkylation sites (N-methyl/N-ethyl adjacent to an activating group) is 1. The number of benzene rings is 2. The van der Waals surface area contributed by atoms with Gasteiger partial charge in [0, 0.05) is 31.1 Å². The van der Waals surface area contributed by atoms with Crippen molar-refractivity contribution >= 4 is 10.0 Å². The van der Waals surface area contributed by atoms with E-state index >= 15 is 0 Å². The van der Waals surface area contributed by atoms with Crippen LogP contribution in [0.1, 0.15) is 26.7 Å². The maximum Gasteiger partial charge on any atom is 0.244 e. The van der Waals surface area contributed by atoms with E-state index in [-0.39, 0.29) is 16.9 Å². The molecule has 2 aliphatic heterocycles. The average Bonchev–Trinajstić information content (AvgIpc) is 2.86. The molecular weight excluding hydrogens is 478 g/mol. The predicted octanol–water partition coefficient (Wildman–Crippen LogP) is 2.82. The molecule has 2 aromatic carbocycles. The van der Waals surface area contributed by atoms with E-state index < -0.39 is 16.1 Å². The fourth-order valence-electron chi connectivity index (χ4n) is 5.26. The van der Waals surface area contributed by atoms with Crippen molar-refractivity contribution in [2.45, 2.75) is 43.7 Å². The van der Waals surface area contributed by atoms with Gasteiger partial charge in [-0.3, -0.25) is 0 Å². The van der Waals surface area contributed by atoms with E-state index in [1.54, 1.807) is 25.3 Å². The molecule has 1 saturated heterocycles. The zero-order valence-electron chi connectivity index (χ0n) is 21.7. The fraction of sp³-hybridized carbons (Fsp3) is 0.556. The summed E-state index contributed by atoms with van der Waals surface area (Å²) in [6, 6.07) is 13.3. The second-order valence-electron chi connectivity index (χ2n) is 10.5. The van der Waals surface area contributed by atoms with Gasteiger partial charge in [0.1, 0.15) is 16.4 Å². The molecule has 0 saturated carbocycles. The Bertz CT molecular complexity index is 1150. The molecule has 8 nitrogen and oxygen atoms in total. The molecule has 1 atom stereocenters. The maximum atomic E-state index is 13.2. The normalized spacial score (nSPS) is 23.3. The molecule has 0 aliphatic carbocycles. The number of likely N-dealkylation sites (tertiary alicyclic amines) is 1. The lowest BCUT2D eigenvalue weighted by Crippen LogP contribution is -2.51. The number of hydrogen-bond donors (Lipinski definition) is 2. The number of nitrogens with zero attached hydrogens (tertiary/aromatic N) is 2. The van der Waals surface area contributed by atoms with Gasteiger partial charge in [0.25, 0.3) is 0 Å². The van der Waals surface area contributed by atoms with E-state index in [1.807, 2.05) is 31.3 Å². The van der Waals surface area contributed by atoms with Crippen LogP contribution in [0.4, 0.5) is 0 Å². The Balaban J connectivity index is 1.71. The zero-order chi connectivity index (χ0) is 25.9. The summed E-state index contributed by atoms with van der Waals surface area (Å²) in [7, 11) is -0.280. The lowest BCUT2D eigenvalue weighted by atomic mass is 9.78. The average molecular weight is 518 g/mol. The number of β-amino-alcohol motifs (C(OH)–C–C–N with tert-alkyl or cyclic N) is 1. The van der Waals surface area contributed by atoms with Crippen LogP contribution in [-0.4, -0.2) is 89.0 Å². The molecule has 1 spiro atoms. The van der Waals surface area contributed by atoms with Gasteiger partial charge in [-0.25, -0.2) is 13.1 Å². The standard InChI is InChI=1S/C27H39N3O5S/c1-20(2)30-12-10-27(11-13-30)18-29(3)17-23(31)16-28-36(32,33)26-9-8-22(15-25(26)35-19-27)21-6-5-7-24(14-21)34-4/h5-9,14-15,20,23,28,31H,10-13,16-19H2,1-4H3. The number of methoxy groups -OCH3 is 1. The van der Waals surface area contributed by atoms with Crippen molar-refractivity contribution in [3.05, 3.63) is 42.5 Å². The molecule has 2 aliphatic rings. The highest BCUT2D eigenvalue weighted by atomic mass is 32.2. The second kappa shape index (κ2) is 11.1. The molecule has 198 valence electrons. The minimum absolute atomic E-state index is 0.0577. The summed E-state index contributed by atoms with van der Waals surface area (Å²) in [6.07, 6.45) is 1.08. The van der Waals surface area contributed by atoms with Crippen molar-refractivity contribution in [1.82, 2.24) is 14.5 Å². The molecule has 0 radical (unpaired) electrons. The van der Waals surface area contributed by atoms with Crippen LogP contribution in [0.15, 0.2) is 47.4 Å². The second-order valence-corrected chi connectivity index (χ2v) is 12.2. The van der Waals surface area contributed by atoms with E-state index in [0.29, 0.717) is 24.9 Å². The molecule has 36 heavy (non-hydrogen) atoms. The molecule has 1 unspecified atom stereocenters. The van der Waals surface area contributed by atoms with Gasteiger partial charge >= 0.3 is 0 Å². The Morgan fingerprint density at radius 1 is 1.14 bits per heavy atom.